The molecule has 6 heteroatoms. The summed E-state index contributed by atoms with van der Waals surface area (Å²) in [6, 6.07) is 4.50. The molecule has 0 bridgehead atoms. The van der Waals surface area contributed by atoms with E-state index in [-0.39, 0.29) is 5.75 Å². The van der Waals surface area contributed by atoms with Crippen LogP contribution in [0.15, 0.2) is 18.2 Å². The second-order valence-corrected chi connectivity index (χ2v) is 5.55. The van der Waals surface area contributed by atoms with Gasteiger partial charge >= 0.3 is 6.61 Å². The molecular formula is C13H18ClF2NO2. The molecule has 0 aliphatic carbocycles. The van der Waals surface area contributed by atoms with Crippen molar-refractivity contribution in [3.8, 4) is 5.75 Å². The summed E-state index contributed by atoms with van der Waals surface area (Å²) in [6.07, 6.45) is 0. The number of hydrogen-bond donors (Lipinski definition) is 1. The molecule has 0 aliphatic heterocycles. The van der Waals surface area contributed by atoms with Crippen molar-refractivity contribution in [1.82, 2.24) is 4.90 Å². The Hall–Kier alpha value is -0.910. The minimum Gasteiger partial charge on any atom is -0.434 e. The number of benzene rings is 1. The van der Waals surface area contributed by atoms with Crippen molar-refractivity contribution < 1.29 is 18.6 Å². The topological polar surface area (TPSA) is 32.7 Å². The minimum atomic E-state index is -2.88. The first kappa shape index (κ1) is 16.1. The zero-order valence-electron chi connectivity index (χ0n) is 11.2. The molecule has 0 radical (unpaired) electrons. The Morgan fingerprint density at radius 2 is 2.05 bits per heavy atom. The lowest BCUT2D eigenvalue weighted by Crippen LogP contribution is -2.35. The summed E-state index contributed by atoms with van der Waals surface area (Å²) < 4.78 is 29.1. The lowest BCUT2D eigenvalue weighted by Gasteiger charge is -2.26. The smallest absolute Gasteiger partial charge is 0.387 e. The van der Waals surface area contributed by atoms with E-state index in [0.717, 1.165) is 0 Å². The molecule has 0 heterocycles. The summed E-state index contributed by atoms with van der Waals surface area (Å²) in [5, 5.41) is 10.2. The summed E-state index contributed by atoms with van der Waals surface area (Å²) in [4.78, 5) is 1.81. The molecule has 1 aromatic rings. The molecule has 1 N–H and O–H groups in total. The molecule has 3 nitrogen and oxygen atoms in total. The van der Waals surface area contributed by atoms with Gasteiger partial charge in [0.25, 0.3) is 0 Å². The maximum atomic E-state index is 12.3. The first-order valence-corrected chi connectivity index (χ1v) is 6.19. The average Bonchev–Trinajstić information content (AvgIpc) is 2.18. The molecule has 0 spiro atoms. The van der Waals surface area contributed by atoms with Gasteiger partial charge in [-0.2, -0.15) is 8.78 Å². The highest BCUT2D eigenvalue weighted by Gasteiger charge is 2.18. The molecule has 0 unspecified atom stereocenters. The van der Waals surface area contributed by atoms with Crippen molar-refractivity contribution >= 4 is 11.6 Å². The van der Waals surface area contributed by atoms with Crippen LogP contribution in [0.4, 0.5) is 8.78 Å². The first-order chi connectivity index (χ1) is 8.67. The standard InChI is InChI=1S/C13H18ClF2NO2/c1-13(2,18)8-17(3)7-9-6-10(14)4-5-11(9)19-12(15)16/h4-6,12,18H,7-8H2,1-3H3. The van der Waals surface area contributed by atoms with Gasteiger partial charge in [0.05, 0.1) is 5.60 Å². The van der Waals surface area contributed by atoms with Gasteiger partial charge in [-0.15, -0.1) is 0 Å². The summed E-state index contributed by atoms with van der Waals surface area (Å²) in [6.45, 7) is 1.23. The lowest BCUT2D eigenvalue weighted by atomic mass is 10.1. The molecule has 0 saturated heterocycles. The third-order valence-electron chi connectivity index (χ3n) is 2.34. The largest absolute Gasteiger partial charge is 0.434 e. The molecule has 0 aliphatic rings. The molecule has 19 heavy (non-hydrogen) atoms. The molecule has 1 aromatic carbocycles. The minimum absolute atomic E-state index is 0.0991. The van der Waals surface area contributed by atoms with E-state index in [1.807, 2.05) is 4.90 Å². The van der Waals surface area contributed by atoms with Gasteiger partial charge in [0.1, 0.15) is 5.75 Å². The second kappa shape index (κ2) is 6.50. The molecule has 0 fully saturated rings. The highest BCUT2D eigenvalue weighted by molar-refractivity contribution is 6.30. The van der Waals surface area contributed by atoms with Crippen LogP contribution in [0.2, 0.25) is 5.02 Å². The number of nitrogens with zero attached hydrogens (tertiary/aromatic N) is 1. The Bertz CT molecular complexity index is 422. The number of rotatable bonds is 6. The third kappa shape index (κ3) is 6.18. The van der Waals surface area contributed by atoms with Crippen molar-refractivity contribution in [1.29, 1.82) is 0 Å². The van der Waals surface area contributed by atoms with Crippen LogP contribution < -0.4 is 4.74 Å². The van der Waals surface area contributed by atoms with E-state index in [1.54, 1.807) is 27.0 Å². The number of aliphatic hydroxyl groups is 1. The molecule has 0 amide bonds. The number of halogens is 3. The SMILES string of the molecule is CN(Cc1cc(Cl)ccc1OC(F)F)CC(C)(C)O. The fourth-order valence-electron chi connectivity index (χ4n) is 1.89. The maximum Gasteiger partial charge on any atom is 0.387 e. The van der Waals surface area contributed by atoms with Gasteiger partial charge in [-0.3, -0.25) is 4.90 Å². The van der Waals surface area contributed by atoms with Crippen LogP contribution in [-0.4, -0.2) is 35.8 Å². The van der Waals surface area contributed by atoms with Gasteiger partial charge in [0.2, 0.25) is 0 Å². The van der Waals surface area contributed by atoms with Gasteiger partial charge in [-0.25, -0.2) is 0 Å². The fourth-order valence-corrected chi connectivity index (χ4v) is 2.08. The van der Waals surface area contributed by atoms with E-state index in [2.05, 4.69) is 4.74 Å². The van der Waals surface area contributed by atoms with E-state index in [4.69, 9.17) is 11.6 Å². The molecule has 1 rings (SSSR count). The number of alkyl halides is 2. The zero-order chi connectivity index (χ0) is 14.6. The van der Waals surface area contributed by atoms with Crippen LogP contribution in [0.25, 0.3) is 0 Å². The van der Waals surface area contributed by atoms with Gasteiger partial charge in [0.15, 0.2) is 0 Å². The van der Waals surface area contributed by atoms with Crippen molar-refractivity contribution in [3.05, 3.63) is 28.8 Å². The van der Waals surface area contributed by atoms with Crippen LogP contribution in [0.1, 0.15) is 19.4 Å². The number of ether oxygens (including phenoxy) is 1. The van der Waals surface area contributed by atoms with Crippen molar-refractivity contribution in [2.24, 2.45) is 0 Å². The number of likely N-dealkylation sites (N-methyl/N-ethyl adjacent to an activating group) is 1. The van der Waals surface area contributed by atoms with E-state index in [1.165, 1.54) is 12.1 Å². The van der Waals surface area contributed by atoms with Crippen molar-refractivity contribution in [2.45, 2.75) is 32.6 Å². The van der Waals surface area contributed by atoms with Crippen LogP contribution in [0, 0.1) is 0 Å². The van der Waals surface area contributed by atoms with Crippen molar-refractivity contribution in [2.75, 3.05) is 13.6 Å². The van der Waals surface area contributed by atoms with Crippen LogP contribution in [0.5, 0.6) is 5.75 Å². The molecule has 0 atom stereocenters. The molecular weight excluding hydrogens is 276 g/mol. The Morgan fingerprint density at radius 1 is 1.42 bits per heavy atom. The normalized spacial score (nSPS) is 12.3. The van der Waals surface area contributed by atoms with E-state index >= 15 is 0 Å². The Kier molecular flexibility index (Phi) is 5.52. The summed E-state index contributed by atoms with van der Waals surface area (Å²) >= 11 is 5.86. The van der Waals surface area contributed by atoms with Crippen LogP contribution >= 0.6 is 11.6 Å². The van der Waals surface area contributed by atoms with Crippen molar-refractivity contribution in [3.63, 3.8) is 0 Å². The van der Waals surface area contributed by atoms with E-state index in [9.17, 15) is 13.9 Å². The monoisotopic (exact) mass is 293 g/mol. The van der Waals surface area contributed by atoms with Crippen LogP contribution in [0.3, 0.4) is 0 Å². The Labute approximate surface area is 116 Å². The first-order valence-electron chi connectivity index (χ1n) is 5.81. The predicted octanol–water partition coefficient (Wildman–Crippen LogP) is 3.14. The highest BCUT2D eigenvalue weighted by Crippen LogP contribution is 2.26. The lowest BCUT2D eigenvalue weighted by molar-refractivity contribution is -0.0509. The quantitative estimate of drug-likeness (QED) is 0.874. The summed E-state index contributed by atoms with van der Waals surface area (Å²) in [5.41, 5.74) is -0.309. The second-order valence-electron chi connectivity index (χ2n) is 5.12. The van der Waals surface area contributed by atoms with Gasteiger partial charge in [-0.05, 0) is 39.1 Å². The third-order valence-corrected chi connectivity index (χ3v) is 2.57. The van der Waals surface area contributed by atoms with Crippen LogP contribution in [-0.2, 0) is 6.54 Å². The number of hydrogen-bond acceptors (Lipinski definition) is 3. The predicted molar refractivity (Wildman–Crippen MR) is 70.7 cm³/mol. The van der Waals surface area contributed by atoms with Gasteiger partial charge < -0.3 is 9.84 Å². The molecule has 0 saturated carbocycles. The average molecular weight is 294 g/mol. The van der Waals surface area contributed by atoms with E-state index in [0.29, 0.717) is 23.7 Å². The zero-order valence-corrected chi connectivity index (χ0v) is 11.9. The van der Waals surface area contributed by atoms with Gasteiger partial charge in [-0.1, -0.05) is 11.6 Å². The highest BCUT2D eigenvalue weighted by atomic mass is 35.5. The molecule has 108 valence electrons. The summed E-state index contributed by atoms with van der Waals surface area (Å²) in [5.74, 6) is 0.0991. The Morgan fingerprint density at radius 3 is 2.58 bits per heavy atom. The van der Waals surface area contributed by atoms with E-state index < -0.39 is 12.2 Å². The summed E-state index contributed by atoms with van der Waals surface area (Å²) in [7, 11) is 1.78. The van der Waals surface area contributed by atoms with Gasteiger partial charge in [0, 0.05) is 23.7 Å². The maximum absolute atomic E-state index is 12.3. The Balaban J connectivity index is 2.83. The fraction of sp³-hybridized carbons (Fsp3) is 0.538. The molecule has 0 aromatic heterocycles.